The SMILES string of the molecule is COc1nccc(OC(F)F)n1. The molecule has 1 rings (SSSR count). The summed E-state index contributed by atoms with van der Waals surface area (Å²) < 4.78 is 31.8. The van der Waals surface area contributed by atoms with E-state index in [2.05, 4.69) is 19.4 Å². The van der Waals surface area contributed by atoms with Crippen LogP contribution in [0.1, 0.15) is 0 Å². The number of aromatic nitrogens is 2. The van der Waals surface area contributed by atoms with E-state index in [1.54, 1.807) is 0 Å². The highest BCUT2D eigenvalue weighted by Crippen LogP contribution is 2.11. The molecular formula is C6H6F2N2O2. The fourth-order valence-corrected chi connectivity index (χ4v) is 0.580. The summed E-state index contributed by atoms with van der Waals surface area (Å²) in [7, 11) is 1.33. The van der Waals surface area contributed by atoms with Crippen LogP contribution in [0.5, 0.6) is 11.9 Å². The van der Waals surface area contributed by atoms with Gasteiger partial charge in [-0.2, -0.15) is 13.8 Å². The zero-order valence-corrected chi connectivity index (χ0v) is 6.20. The van der Waals surface area contributed by atoms with Crippen molar-refractivity contribution >= 4 is 0 Å². The minimum Gasteiger partial charge on any atom is -0.467 e. The lowest BCUT2D eigenvalue weighted by Crippen LogP contribution is -2.04. The molecule has 0 atom stereocenters. The van der Waals surface area contributed by atoms with Crippen LogP contribution in [0.2, 0.25) is 0 Å². The number of alkyl halides is 2. The van der Waals surface area contributed by atoms with Gasteiger partial charge >= 0.3 is 12.6 Å². The first-order valence-electron chi connectivity index (χ1n) is 3.04. The van der Waals surface area contributed by atoms with Crippen molar-refractivity contribution in [3.8, 4) is 11.9 Å². The van der Waals surface area contributed by atoms with Gasteiger partial charge in [-0.25, -0.2) is 4.98 Å². The van der Waals surface area contributed by atoms with Crippen LogP contribution in [0.4, 0.5) is 8.78 Å². The van der Waals surface area contributed by atoms with Crippen molar-refractivity contribution in [3.05, 3.63) is 12.3 Å². The number of methoxy groups -OCH3 is 1. The van der Waals surface area contributed by atoms with Crippen LogP contribution in [0, 0.1) is 0 Å². The first-order valence-corrected chi connectivity index (χ1v) is 3.04. The van der Waals surface area contributed by atoms with E-state index in [4.69, 9.17) is 0 Å². The molecule has 0 saturated carbocycles. The van der Waals surface area contributed by atoms with Crippen LogP contribution < -0.4 is 9.47 Å². The normalized spacial score (nSPS) is 10.0. The summed E-state index contributed by atoms with van der Waals surface area (Å²) in [6.07, 6.45) is 1.27. The number of rotatable bonds is 3. The minimum atomic E-state index is -2.88. The molecule has 0 radical (unpaired) electrons. The molecule has 0 spiro atoms. The molecule has 0 bridgehead atoms. The van der Waals surface area contributed by atoms with Crippen molar-refractivity contribution in [1.29, 1.82) is 0 Å². The third kappa shape index (κ3) is 2.30. The Morgan fingerprint density at radius 3 is 2.83 bits per heavy atom. The lowest BCUT2D eigenvalue weighted by atomic mass is 10.6. The number of halogens is 2. The molecule has 12 heavy (non-hydrogen) atoms. The van der Waals surface area contributed by atoms with E-state index in [1.807, 2.05) is 0 Å². The summed E-state index contributed by atoms with van der Waals surface area (Å²) in [6, 6.07) is 1.21. The van der Waals surface area contributed by atoms with Crippen molar-refractivity contribution in [3.63, 3.8) is 0 Å². The second-order valence-electron chi connectivity index (χ2n) is 1.76. The Balaban J connectivity index is 2.72. The van der Waals surface area contributed by atoms with Crippen molar-refractivity contribution in [2.45, 2.75) is 6.61 Å². The van der Waals surface area contributed by atoms with Gasteiger partial charge in [-0.15, -0.1) is 0 Å². The fraction of sp³-hybridized carbons (Fsp3) is 0.333. The Bertz CT molecular complexity index is 257. The lowest BCUT2D eigenvalue weighted by Gasteiger charge is -2.02. The quantitative estimate of drug-likeness (QED) is 0.691. The van der Waals surface area contributed by atoms with Gasteiger partial charge in [0, 0.05) is 12.3 Å². The summed E-state index contributed by atoms with van der Waals surface area (Å²) >= 11 is 0. The van der Waals surface area contributed by atoms with Crippen LogP contribution in [-0.2, 0) is 0 Å². The van der Waals surface area contributed by atoms with Crippen LogP contribution in [0.15, 0.2) is 12.3 Å². The molecule has 6 heteroatoms. The zero-order valence-electron chi connectivity index (χ0n) is 6.20. The highest BCUT2D eigenvalue weighted by atomic mass is 19.3. The van der Waals surface area contributed by atoms with Gasteiger partial charge < -0.3 is 9.47 Å². The van der Waals surface area contributed by atoms with Crippen LogP contribution in [-0.4, -0.2) is 23.7 Å². The Morgan fingerprint density at radius 2 is 2.25 bits per heavy atom. The van der Waals surface area contributed by atoms with Gasteiger partial charge in [0.2, 0.25) is 5.88 Å². The van der Waals surface area contributed by atoms with Gasteiger partial charge in [0.05, 0.1) is 7.11 Å². The van der Waals surface area contributed by atoms with Crippen LogP contribution in [0.25, 0.3) is 0 Å². The average Bonchev–Trinajstić information content (AvgIpc) is 2.03. The summed E-state index contributed by atoms with van der Waals surface area (Å²) in [5.74, 6) is -0.211. The van der Waals surface area contributed by atoms with Crippen LogP contribution in [0.3, 0.4) is 0 Å². The molecule has 0 saturated heterocycles. The zero-order chi connectivity index (χ0) is 8.97. The van der Waals surface area contributed by atoms with E-state index in [-0.39, 0.29) is 11.9 Å². The summed E-state index contributed by atoms with van der Waals surface area (Å²) in [6.45, 7) is -2.88. The molecule has 0 aliphatic rings. The minimum absolute atomic E-state index is 0.00634. The Morgan fingerprint density at radius 1 is 1.50 bits per heavy atom. The van der Waals surface area contributed by atoms with Crippen molar-refractivity contribution in [1.82, 2.24) is 9.97 Å². The maximum absolute atomic E-state index is 11.6. The lowest BCUT2D eigenvalue weighted by molar-refractivity contribution is -0.0531. The number of ether oxygens (including phenoxy) is 2. The second-order valence-corrected chi connectivity index (χ2v) is 1.76. The smallest absolute Gasteiger partial charge is 0.388 e. The van der Waals surface area contributed by atoms with Gasteiger partial charge in [-0.05, 0) is 0 Å². The number of hydrogen-bond donors (Lipinski definition) is 0. The largest absolute Gasteiger partial charge is 0.467 e. The van der Waals surface area contributed by atoms with E-state index in [9.17, 15) is 8.78 Å². The predicted molar refractivity (Wildman–Crippen MR) is 35.2 cm³/mol. The van der Waals surface area contributed by atoms with E-state index in [0.717, 1.165) is 0 Å². The van der Waals surface area contributed by atoms with Crippen LogP contribution >= 0.6 is 0 Å². The highest BCUT2D eigenvalue weighted by molar-refractivity contribution is 5.10. The molecule has 66 valence electrons. The molecule has 0 unspecified atom stereocenters. The predicted octanol–water partition coefficient (Wildman–Crippen LogP) is 1.09. The number of nitrogens with zero attached hydrogens (tertiary/aromatic N) is 2. The average molecular weight is 176 g/mol. The maximum atomic E-state index is 11.6. The van der Waals surface area contributed by atoms with E-state index >= 15 is 0 Å². The van der Waals surface area contributed by atoms with Crippen molar-refractivity contribution in [2.75, 3.05) is 7.11 Å². The number of hydrogen-bond acceptors (Lipinski definition) is 4. The molecule has 1 aromatic heterocycles. The first kappa shape index (κ1) is 8.63. The molecule has 0 fully saturated rings. The van der Waals surface area contributed by atoms with Gasteiger partial charge in [0.1, 0.15) is 0 Å². The van der Waals surface area contributed by atoms with Gasteiger partial charge in [0.15, 0.2) is 0 Å². The topological polar surface area (TPSA) is 44.2 Å². The molecule has 0 aromatic carbocycles. The molecule has 0 N–H and O–H groups in total. The van der Waals surface area contributed by atoms with Crippen molar-refractivity contribution in [2.24, 2.45) is 0 Å². The standard InChI is InChI=1S/C6H6F2N2O2/c1-11-6-9-3-2-4(10-6)12-5(7)8/h2-3,5H,1H3. The van der Waals surface area contributed by atoms with Gasteiger partial charge in [-0.1, -0.05) is 0 Å². The fourth-order valence-electron chi connectivity index (χ4n) is 0.580. The Kier molecular flexibility index (Phi) is 2.73. The molecule has 0 amide bonds. The third-order valence-electron chi connectivity index (χ3n) is 1.00. The summed E-state index contributed by atoms with van der Waals surface area (Å²) in [4.78, 5) is 7.10. The molecule has 0 aliphatic carbocycles. The first-order chi connectivity index (χ1) is 5.72. The molecule has 1 heterocycles. The molecule has 4 nitrogen and oxygen atoms in total. The highest BCUT2D eigenvalue weighted by Gasteiger charge is 2.06. The van der Waals surface area contributed by atoms with E-state index in [1.165, 1.54) is 19.4 Å². The monoisotopic (exact) mass is 176 g/mol. The van der Waals surface area contributed by atoms with E-state index < -0.39 is 6.61 Å². The Labute approximate surface area is 67.2 Å². The maximum Gasteiger partial charge on any atom is 0.388 e. The van der Waals surface area contributed by atoms with Crippen molar-refractivity contribution < 1.29 is 18.3 Å². The molecule has 1 aromatic rings. The Hall–Kier alpha value is -1.46. The molecular weight excluding hydrogens is 170 g/mol. The molecule has 0 aliphatic heterocycles. The van der Waals surface area contributed by atoms with E-state index in [0.29, 0.717) is 0 Å². The second kappa shape index (κ2) is 3.80. The van der Waals surface area contributed by atoms with Gasteiger partial charge in [-0.3, -0.25) is 0 Å². The third-order valence-corrected chi connectivity index (χ3v) is 1.00. The summed E-state index contributed by atoms with van der Waals surface area (Å²) in [5.41, 5.74) is 0. The summed E-state index contributed by atoms with van der Waals surface area (Å²) in [5, 5.41) is 0. The van der Waals surface area contributed by atoms with Gasteiger partial charge in [0.25, 0.3) is 0 Å².